The SMILES string of the molecule is Cc1cccc(C2COC(CBr)C2)c1. The third kappa shape index (κ3) is 2.18. The van der Waals surface area contributed by atoms with Crippen LogP contribution in [0.5, 0.6) is 0 Å². The van der Waals surface area contributed by atoms with Crippen molar-refractivity contribution in [3.63, 3.8) is 0 Å². The Labute approximate surface area is 93.6 Å². The van der Waals surface area contributed by atoms with Crippen LogP contribution < -0.4 is 0 Å². The number of alkyl halides is 1. The number of aryl methyl sites for hydroxylation is 1. The highest BCUT2D eigenvalue weighted by Crippen LogP contribution is 2.30. The molecule has 1 nitrogen and oxygen atoms in total. The molecule has 0 saturated carbocycles. The first kappa shape index (κ1) is 10.2. The quantitative estimate of drug-likeness (QED) is 0.737. The molecule has 1 fully saturated rings. The van der Waals surface area contributed by atoms with Gasteiger partial charge in [-0.25, -0.2) is 0 Å². The summed E-state index contributed by atoms with van der Waals surface area (Å²) < 4.78 is 5.66. The zero-order valence-electron chi connectivity index (χ0n) is 8.37. The van der Waals surface area contributed by atoms with E-state index in [1.807, 2.05) is 0 Å². The van der Waals surface area contributed by atoms with Gasteiger partial charge in [0.05, 0.1) is 12.7 Å². The monoisotopic (exact) mass is 254 g/mol. The van der Waals surface area contributed by atoms with E-state index in [1.165, 1.54) is 11.1 Å². The molecule has 0 amide bonds. The summed E-state index contributed by atoms with van der Waals surface area (Å²) >= 11 is 3.47. The lowest BCUT2D eigenvalue weighted by Gasteiger charge is -2.08. The molecule has 2 unspecified atom stereocenters. The molecular weight excluding hydrogens is 240 g/mol. The van der Waals surface area contributed by atoms with Crippen LogP contribution >= 0.6 is 15.9 Å². The van der Waals surface area contributed by atoms with Gasteiger partial charge in [0, 0.05) is 11.2 Å². The molecule has 2 atom stereocenters. The summed E-state index contributed by atoms with van der Waals surface area (Å²) in [6, 6.07) is 8.75. The van der Waals surface area contributed by atoms with Gasteiger partial charge in [-0.2, -0.15) is 0 Å². The minimum Gasteiger partial charge on any atom is -0.377 e. The summed E-state index contributed by atoms with van der Waals surface area (Å²) in [5.41, 5.74) is 2.76. The smallest absolute Gasteiger partial charge is 0.0678 e. The molecule has 0 aromatic heterocycles. The lowest BCUT2D eigenvalue weighted by atomic mass is 9.95. The Bertz CT molecular complexity index is 311. The molecule has 1 aromatic rings. The van der Waals surface area contributed by atoms with Crippen LogP contribution in [0.4, 0.5) is 0 Å². The van der Waals surface area contributed by atoms with E-state index in [-0.39, 0.29) is 0 Å². The average Bonchev–Trinajstić information content (AvgIpc) is 2.66. The number of hydrogen-bond acceptors (Lipinski definition) is 1. The number of hydrogen-bond donors (Lipinski definition) is 0. The number of rotatable bonds is 2. The molecule has 0 spiro atoms. The normalized spacial score (nSPS) is 26.7. The topological polar surface area (TPSA) is 9.23 Å². The van der Waals surface area contributed by atoms with E-state index >= 15 is 0 Å². The summed E-state index contributed by atoms with van der Waals surface area (Å²) in [7, 11) is 0. The predicted octanol–water partition coefficient (Wildman–Crippen LogP) is 3.26. The van der Waals surface area contributed by atoms with Gasteiger partial charge in [0.2, 0.25) is 0 Å². The summed E-state index contributed by atoms with van der Waals surface area (Å²) in [6.45, 7) is 3.01. The highest BCUT2D eigenvalue weighted by atomic mass is 79.9. The zero-order chi connectivity index (χ0) is 9.97. The minimum atomic E-state index is 0.403. The van der Waals surface area contributed by atoms with Crippen molar-refractivity contribution < 1.29 is 4.74 Å². The molecule has 14 heavy (non-hydrogen) atoms. The highest BCUT2D eigenvalue weighted by Gasteiger charge is 2.25. The molecule has 1 aromatic carbocycles. The Kier molecular flexibility index (Phi) is 3.24. The fraction of sp³-hybridized carbons (Fsp3) is 0.500. The van der Waals surface area contributed by atoms with Gasteiger partial charge in [-0.05, 0) is 18.9 Å². The van der Waals surface area contributed by atoms with Gasteiger partial charge in [-0.1, -0.05) is 45.8 Å². The Morgan fingerprint density at radius 1 is 1.50 bits per heavy atom. The van der Waals surface area contributed by atoms with Gasteiger partial charge in [0.25, 0.3) is 0 Å². The van der Waals surface area contributed by atoms with Crippen molar-refractivity contribution in [2.24, 2.45) is 0 Å². The number of ether oxygens (including phenoxy) is 1. The van der Waals surface area contributed by atoms with Gasteiger partial charge in [-0.15, -0.1) is 0 Å². The summed E-state index contributed by atoms with van der Waals surface area (Å²) in [4.78, 5) is 0. The van der Waals surface area contributed by atoms with Gasteiger partial charge in [-0.3, -0.25) is 0 Å². The van der Waals surface area contributed by atoms with Crippen LogP contribution in [0.1, 0.15) is 23.5 Å². The second-order valence-corrected chi connectivity index (χ2v) is 4.60. The fourth-order valence-corrected chi connectivity index (χ4v) is 2.42. The lowest BCUT2D eigenvalue weighted by Crippen LogP contribution is -2.05. The van der Waals surface area contributed by atoms with E-state index in [0.717, 1.165) is 18.4 Å². The molecule has 0 bridgehead atoms. The maximum Gasteiger partial charge on any atom is 0.0678 e. The summed E-state index contributed by atoms with van der Waals surface area (Å²) in [5.74, 6) is 0.595. The van der Waals surface area contributed by atoms with Crippen LogP contribution in [0.3, 0.4) is 0 Å². The minimum absolute atomic E-state index is 0.403. The van der Waals surface area contributed by atoms with Gasteiger partial charge in [0.15, 0.2) is 0 Å². The average molecular weight is 255 g/mol. The van der Waals surface area contributed by atoms with Gasteiger partial charge in [0.1, 0.15) is 0 Å². The third-order valence-corrected chi connectivity index (χ3v) is 3.49. The fourth-order valence-electron chi connectivity index (χ4n) is 1.97. The number of halogens is 1. The molecule has 1 aliphatic heterocycles. The van der Waals surface area contributed by atoms with Crippen molar-refractivity contribution in [2.45, 2.75) is 25.4 Å². The van der Waals surface area contributed by atoms with Crippen LogP contribution in [0.15, 0.2) is 24.3 Å². The Morgan fingerprint density at radius 2 is 2.36 bits per heavy atom. The molecule has 76 valence electrons. The Hall–Kier alpha value is -0.340. The maximum atomic E-state index is 5.66. The van der Waals surface area contributed by atoms with Crippen molar-refractivity contribution in [1.29, 1.82) is 0 Å². The first-order valence-corrected chi connectivity index (χ1v) is 6.16. The number of benzene rings is 1. The van der Waals surface area contributed by atoms with Crippen molar-refractivity contribution in [3.8, 4) is 0 Å². The molecule has 2 heteroatoms. The van der Waals surface area contributed by atoms with Crippen molar-refractivity contribution >= 4 is 15.9 Å². The second-order valence-electron chi connectivity index (χ2n) is 3.96. The van der Waals surface area contributed by atoms with E-state index in [4.69, 9.17) is 4.74 Å². The van der Waals surface area contributed by atoms with E-state index in [1.54, 1.807) is 0 Å². The summed E-state index contributed by atoms with van der Waals surface area (Å²) in [6.07, 6.45) is 1.55. The molecule has 1 saturated heterocycles. The van der Waals surface area contributed by atoms with Crippen LogP contribution in [0, 0.1) is 6.92 Å². The van der Waals surface area contributed by atoms with E-state index in [0.29, 0.717) is 12.0 Å². The van der Waals surface area contributed by atoms with Crippen LogP contribution in [-0.4, -0.2) is 18.0 Å². The molecule has 1 heterocycles. The molecule has 1 aliphatic rings. The van der Waals surface area contributed by atoms with Crippen molar-refractivity contribution in [1.82, 2.24) is 0 Å². The molecule has 0 aliphatic carbocycles. The highest BCUT2D eigenvalue weighted by molar-refractivity contribution is 9.09. The van der Waals surface area contributed by atoms with Gasteiger partial charge < -0.3 is 4.74 Å². The first-order chi connectivity index (χ1) is 6.79. The van der Waals surface area contributed by atoms with Crippen LogP contribution in [-0.2, 0) is 4.74 Å². The lowest BCUT2D eigenvalue weighted by molar-refractivity contribution is 0.127. The van der Waals surface area contributed by atoms with E-state index in [9.17, 15) is 0 Å². The third-order valence-electron chi connectivity index (χ3n) is 2.77. The molecule has 0 radical (unpaired) electrons. The molecular formula is C12H15BrO. The van der Waals surface area contributed by atoms with Crippen LogP contribution in [0.25, 0.3) is 0 Å². The first-order valence-electron chi connectivity index (χ1n) is 5.03. The Balaban J connectivity index is 2.09. The van der Waals surface area contributed by atoms with E-state index in [2.05, 4.69) is 47.1 Å². The largest absolute Gasteiger partial charge is 0.377 e. The predicted molar refractivity (Wildman–Crippen MR) is 62.1 cm³/mol. The van der Waals surface area contributed by atoms with Crippen LogP contribution in [0.2, 0.25) is 0 Å². The van der Waals surface area contributed by atoms with Gasteiger partial charge >= 0.3 is 0 Å². The van der Waals surface area contributed by atoms with Crippen molar-refractivity contribution in [3.05, 3.63) is 35.4 Å². The Morgan fingerprint density at radius 3 is 3.00 bits per heavy atom. The second kappa shape index (κ2) is 4.45. The van der Waals surface area contributed by atoms with E-state index < -0.39 is 0 Å². The summed E-state index contributed by atoms with van der Waals surface area (Å²) in [5, 5.41) is 0.954. The standard InChI is InChI=1S/C12H15BrO/c1-9-3-2-4-10(5-9)11-6-12(7-13)14-8-11/h2-5,11-12H,6-8H2,1H3. The zero-order valence-corrected chi connectivity index (χ0v) is 9.96. The van der Waals surface area contributed by atoms with Crippen molar-refractivity contribution in [2.75, 3.05) is 11.9 Å². The molecule has 0 N–H and O–H groups in total. The molecule has 2 rings (SSSR count). The maximum absolute atomic E-state index is 5.66.